The van der Waals surface area contributed by atoms with Crippen molar-refractivity contribution >= 4 is 5.97 Å². The average molecular weight is 273 g/mol. The zero-order chi connectivity index (χ0) is 14.5. The van der Waals surface area contributed by atoms with E-state index >= 15 is 0 Å². The fourth-order valence-electron chi connectivity index (χ4n) is 1.94. The molecule has 1 unspecified atom stereocenters. The minimum absolute atomic E-state index is 0.233. The van der Waals surface area contributed by atoms with Gasteiger partial charge in [-0.1, -0.05) is 18.2 Å². The van der Waals surface area contributed by atoms with Crippen molar-refractivity contribution in [3.63, 3.8) is 0 Å². The molecule has 5 nitrogen and oxygen atoms in total. The van der Waals surface area contributed by atoms with Crippen LogP contribution in [0.25, 0.3) is 5.69 Å². The quantitative estimate of drug-likeness (QED) is 0.780. The first kappa shape index (κ1) is 14.3. The first-order chi connectivity index (χ1) is 9.61. The van der Waals surface area contributed by atoms with Crippen LogP contribution in [-0.2, 0) is 16.1 Å². The summed E-state index contributed by atoms with van der Waals surface area (Å²) in [6, 6.07) is 9.64. The highest BCUT2D eigenvalue weighted by atomic mass is 16.5. The number of methoxy groups -OCH3 is 1. The van der Waals surface area contributed by atoms with Gasteiger partial charge in [0.05, 0.1) is 19.0 Å². The normalized spacial score (nSPS) is 12.4. The van der Waals surface area contributed by atoms with Gasteiger partial charge in [0.15, 0.2) is 0 Å². The Morgan fingerprint density at radius 1 is 1.40 bits per heavy atom. The summed E-state index contributed by atoms with van der Waals surface area (Å²) in [5, 5.41) is 4.34. The predicted octanol–water partition coefficient (Wildman–Crippen LogP) is 1.87. The largest absolute Gasteiger partial charge is 0.468 e. The van der Waals surface area contributed by atoms with Crippen LogP contribution in [0, 0.1) is 0 Å². The number of ether oxygens (including phenoxy) is 1. The maximum atomic E-state index is 11.5. The topological polar surface area (TPSA) is 47.4 Å². The molecule has 0 aliphatic rings. The number of hydrogen-bond acceptors (Lipinski definition) is 4. The van der Waals surface area contributed by atoms with Crippen molar-refractivity contribution in [1.29, 1.82) is 0 Å². The van der Waals surface area contributed by atoms with E-state index in [-0.39, 0.29) is 12.0 Å². The van der Waals surface area contributed by atoms with Crippen molar-refractivity contribution in [3.8, 4) is 5.69 Å². The second-order valence-electron chi connectivity index (χ2n) is 4.74. The predicted molar refractivity (Wildman–Crippen MR) is 76.5 cm³/mol. The fraction of sp³-hybridized carbons (Fsp3) is 0.333. The van der Waals surface area contributed by atoms with Crippen LogP contribution < -0.4 is 0 Å². The van der Waals surface area contributed by atoms with Crippen molar-refractivity contribution in [1.82, 2.24) is 14.7 Å². The molecule has 0 radical (unpaired) electrons. The van der Waals surface area contributed by atoms with Gasteiger partial charge in [-0.3, -0.25) is 9.69 Å². The summed E-state index contributed by atoms with van der Waals surface area (Å²) in [5.74, 6) is -0.233. The maximum absolute atomic E-state index is 11.5. The van der Waals surface area contributed by atoms with Crippen LogP contribution in [0.3, 0.4) is 0 Å². The van der Waals surface area contributed by atoms with Crippen LogP contribution in [0.1, 0.15) is 12.5 Å². The molecule has 1 aromatic heterocycles. The first-order valence-corrected chi connectivity index (χ1v) is 6.49. The number of carbonyl (C=O) groups excluding carboxylic acids is 1. The molecule has 5 heteroatoms. The number of esters is 1. The van der Waals surface area contributed by atoms with Crippen molar-refractivity contribution in [2.75, 3.05) is 14.2 Å². The van der Waals surface area contributed by atoms with Gasteiger partial charge in [0, 0.05) is 18.3 Å². The van der Waals surface area contributed by atoms with E-state index < -0.39 is 0 Å². The monoisotopic (exact) mass is 273 g/mol. The van der Waals surface area contributed by atoms with Gasteiger partial charge in [0.25, 0.3) is 0 Å². The van der Waals surface area contributed by atoms with E-state index in [2.05, 4.69) is 5.10 Å². The van der Waals surface area contributed by atoms with E-state index in [0.29, 0.717) is 6.54 Å². The van der Waals surface area contributed by atoms with Gasteiger partial charge in [0.1, 0.15) is 6.04 Å². The molecule has 106 valence electrons. The minimum atomic E-state index is -0.278. The Hall–Kier alpha value is -2.14. The zero-order valence-electron chi connectivity index (χ0n) is 12.0. The standard InChI is InChI=1S/C15H19N3O2/c1-12(15(19)20-3)17(2)10-13-9-16-18(11-13)14-7-5-4-6-8-14/h4-9,11-12H,10H2,1-3H3. The summed E-state index contributed by atoms with van der Waals surface area (Å²) in [6.45, 7) is 2.47. The number of carbonyl (C=O) groups is 1. The molecule has 0 amide bonds. The van der Waals surface area contributed by atoms with Gasteiger partial charge >= 0.3 is 5.97 Å². The van der Waals surface area contributed by atoms with Gasteiger partial charge in [-0.25, -0.2) is 4.68 Å². The third-order valence-corrected chi connectivity index (χ3v) is 3.29. The molecule has 20 heavy (non-hydrogen) atoms. The maximum Gasteiger partial charge on any atom is 0.322 e. The fourth-order valence-corrected chi connectivity index (χ4v) is 1.94. The molecule has 0 spiro atoms. The highest BCUT2D eigenvalue weighted by Gasteiger charge is 2.18. The lowest BCUT2D eigenvalue weighted by Gasteiger charge is -2.21. The summed E-state index contributed by atoms with van der Waals surface area (Å²) >= 11 is 0. The van der Waals surface area contributed by atoms with Gasteiger partial charge in [-0.05, 0) is 26.1 Å². The lowest BCUT2D eigenvalue weighted by atomic mass is 10.2. The summed E-state index contributed by atoms with van der Waals surface area (Å²) in [7, 11) is 3.29. The second kappa shape index (κ2) is 6.34. The highest BCUT2D eigenvalue weighted by Crippen LogP contribution is 2.10. The minimum Gasteiger partial charge on any atom is -0.468 e. The number of nitrogens with zero attached hydrogens (tertiary/aromatic N) is 3. The lowest BCUT2D eigenvalue weighted by Crippen LogP contribution is -2.36. The number of aromatic nitrogens is 2. The van der Waals surface area contributed by atoms with Crippen LogP contribution in [0.5, 0.6) is 0 Å². The molecule has 1 aromatic carbocycles. The number of benzene rings is 1. The molecule has 2 rings (SSSR count). The van der Waals surface area contributed by atoms with Crippen LogP contribution in [0.15, 0.2) is 42.7 Å². The Kier molecular flexibility index (Phi) is 4.53. The second-order valence-corrected chi connectivity index (χ2v) is 4.74. The summed E-state index contributed by atoms with van der Waals surface area (Å²) in [4.78, 5) is 13.4. The van der Waals surface area contributed by atoms with Gasteiger partial charge in [-0.2, -0.15) is 5.10 Å². The Bertz CT molecular complexity index is 566. The van der Waals surface area contributed by atoms with E-state index in [1.54, 1.807) is 0 Å². The Morgan fingerprint density at radius 2 is 2.10 bits per heavy atom. The lowest BCUT2D eigenvalue weighted by molar-refractivity contribution is -0.145. The first-order valence-electron chi connectivity index (χ1n) is 6.49. The summed E-state index contributed by atoms with van der Waals surface area (Å²) in [5.41, 5.74) is 2.06. The number of likely N-dealkylation sites (N-methyl/N-ethyl adjacent to an activating group) is 1. The Balaban J connectivity index is 2.05. The van der Waals surface area contributed by atoms with Crippen LogP contribution >= 0.6 is 0 Å². The smallest absolute Gasteiger partial charge is 0.322 e. The van der Waals surface area contributed by atoms with E-state index in [1.165, 1.54) is 7.11 Å². The average Bonchev–Trinajstić information content (AvgIpc) is 2.95. The third-order valence-electron chi connectivity index (χ3n) is 3.29. The summed E-state index contributed by atoms with van der Waals surface area (Å²) in [6.07, 6.45) is 3.78. The highest BCUT2D eigenvalue weighted by molar-refractivity contribution is 5.75. The van der Waals surface area contributed by atoms with Crippen molar-refractivity contribution in [3.05, 3.63) is 48.3 Å². The number of rotatable bonds is 5. The number of hydrogen-bond donors (Lipinski definition) is 0. The molecule has 2 aromatic rings. The van der Waals surface area contributed by atoms with Crippen molar-refractivity contribution < 1.29 is 9.53 Å². The zero-order valence-corrected chi connectivity index (χ0v) is 12.0. The molecule has 0 saturated carbocycles. The van der Waals surface area contributed by atoms with E-state index in [9.17, 15) is 4.79 Å². The van der Waals surface area contributed by atoms with Gasteiger partial charge < -0.3 is 4.74 Å². The molecule has 0 N–H and O–H groups in total. The van der Waals surface area contributed by atoms with E-state index in [1.807, 2.05) is 66.3 Å². The van der Waals surface area contributed by atoms with E-state index in [0.717, 1.165) is 11.3 Å². The molecular formula is C15H19N3O2. The molecule has 1 heterocycles. The van der Waals surface area contributed by atoms with E-state index in [4.69, 9.17) is 4.74 Å². The molecule has 0 bridgehead atoms. The van der Waals surface area contributed by atoms with Crippen LogP contribution in [0.2, 0.25) is 0 Å². The number of para-hydroxylation sites is 1. The van der Waals surface area contributed by atoms with Crippen LogP contribution in [0.4, 0.5) is 0 Å². The van der Waals surface area contributed by atoms with Gasteiger partial charge in [-0.15, -0.1) is 0 Å². The molecule has 0 aliphatic carbocycles. The van der Waals surface area contributed by atoms with Crippen molar-refractivity contribution in [2.24, 2.45) is 0 Å². The van der Waals surface area contributed by atoms with Crippen molar-refractivity contribution in [2.45, 2.75) is 19.5 Å². The van der Waals surface area contributed by atoms with Crippen LogP contribution in [-0.4, -0.2) is 40.8 Å². The Labute approximate surface area is 118 Å². The SMILES string of the molecule is COC(=O)C(C)N(C)Cc1cnn(-c2ccccc2)c1. The third kappa shape index (κ3) is 3.24. The molecule has 0 fully saturated rings. The molecule has 0 saturated heterocycles. The van der Waals surface area contributed by atoms with Gasteiger partial charge in [0.2, 0.25) is 0 Å². The molecule has 1 atom stereocenters. The summed E-state index contributed by atoms with van der Waals surface area (Å²) < 4.78 is 6.57. The Morgan fingerprint density at radius 3 is 2.75 bits per heavy atom. The molecule has 0 aliphatic heterocycles. The molecular weight excluding hydrogens is 254 g/mol.